The van der Waals surface area contributed by atoms with Gasteiger partial charge in [0.05, 0.1) is 0 Å². The molecule has 4 heteroatoms. The van der Waals surface area contributed by atoms with Gasteiger partial charge < -0.3 is 5.73 Å². The van der Waals surface area contributed by atoms with Gasteiger partial charge in [-0.2, -0.15) is 0 Å². The van der Waals surface area contributed by atoms with Crippen molar-refractivity contribution in [3.05, 3.63) is 29.8 Å². The number of hydrogen-bond acceptors (Lipinski definition) is 2. The van der Waals surface area contributed by atoms with E-state index in [1.54, 1.807) is 31.3 Å². The van der Waals surface area contributed by atoms with E-state index in [0.717, 1.165) is 6.29 Å². The Hall–Kier alpha value is -1.84. The number of hydrogen-bond donors (Lipinski definition) is 1. The standard InChI is InChI=1S/C9H10N2O2/c1-11(9(10)13)8-4-2-7(6-12)3-5-8/h2-6H,1H3,(H2,10,13). The van der Waals surface area contributed by atoms with Crippen molar-refractivity contribution in [2.75, 3.05) is 11.9 Å². The van der Waals surface area contributed by atoms with Crippen molar-refractivity contribution in [1.29, 1.82) is 0 Å². The van der Waals surface area contributed by atoms with E-state index >= 15 is 0 Å². The first-order chi connectivity index (χ1) is 6.15. The Labute approximate surface area is 75.9 Å². The Morgan fingerprint density at radius 2 is 1.92 bits per heavy atom. The fraction of sp³-hybridized carbons (Fsp3) is 0.111. The third-order valence-electron chi connectivity index (χ3n) is 1.75. The molecule has 1 aromatic carbocycles. The van der Waals surface area contributed by atoms with Gasteiger partial charge in [0.25, 0.3) is 0 Å². The minimum absolute atomic E-state index is 0.529. The van der Waals surface area contributed by atoms with Crippen LogP contribution in [-0.4, -0.2) is 19.4 Å². The second kappa shape index (κ2) is 3.71. The molecule has 68 valence electrons. The second-order valence-electron chi connectivity index (χ2n) is 2.61. The average molecular weight is 178 g/mol. The highest BCUT2D eigenvalue weighted by molar-refractivity contribution is 5.90. The van der Waals surface area contributed by atoms with Crippen LogP contribution >= 0.6 is 0 Å². The lowest BCUT2D eigenvalue weighted by atomic mass is 10.2. The number of urea groups is 1. The van der Waals surface area contributed by atoms with Gasteiger partial charge in [-0.1, -0.05) is 0 Å². The molecule has 0 aliphatic heterocycles. The number of primary amides is 1. The van der Waals surface area contributed by atoms with Gasteiger partial charge in [-0.15, -0.1) is 0 Å². The molecule has 0 unspecified atom stereocenters. The van der Waals surface area contributed by atoms with Crippen LogP contribution in [0.4, 0.5) is 10.5 Å². The topological polar surface area (TPSA) is 63.4 Å². The number of benzene rings is 1. The largest absolute Gasteiger partial charge is 0.351 e. The summed E-state index contributed by atoms with van der Waals surface area (Å²) in [5.41, 5.74) is 6.29. The van der Waals surface area contributed by atoms with Crippen LogP contribution in [0.25, 0.3) is 0 Å². The molecule has 2 amide bonds. The third kappa shape index (κ3) is 2.05. The number of nitrogens with zero attached hydrogens (tertiary/aromatic N) is 1. The summed E-state index contributed by atoms with van der Waals surface area (Å²) in [6.45, 7) is 0. The first kappa shape index (κ1) is 9.25. The van der Waals surface area contributed by atoms with Crippen molar-refractivity contribution in [3.63, 3.8) is 0 Å². The summed E-state index contributed by atoms with van der Waals surface area (Å²) in [6.07, 6.45) is 0.744. The number of anilines is 1. The van der Waals surface area contributed by atoms with Gasteiger partial charge in [-0.25, -0.2) is 4.79 Å². The number of aldehydes is 1. The molecule has 0 bridgehead atoms. The van der Waals surface area contributed by atoms with Gasteiger partial charge in [0.1, 0.15) is 6.29 Å². The fourth-order valence-corrected chi connectivity index (χ4v) is 0.904. The third-order valence-corrected chi connectivity index (χ3v) is 1.75. The van der Waals surface area contributed by atoms with Gasteiger partial charge in [-0.05, 0) is 24.3 Å². The van der Waals surface area contributed by atoms with Crippen LogP contribution in [0.2, 0.25) is 0 Å². The number of carbonyl (C=O) groups is 2. The molecule has 0 aromatic heterocycles. The van der Waals surface area contributed by atoms with Crippen molar-refractivity contribution in [2.24, 2.45) is 5.73 Å². The molecule has 0 aliphatic carbocycles. The minimum Gasteiger partial charge on any atom is -0.351 e. The zero-order chi connectivity index (χ0) is 9.84. The summed E-state index contributed by atoms with van der Waals surface area (Å²) in [5, 5.41) is 0. The Balaban J connectivity index is 2.91. The average Bonchev–Trinajstić information content (AvgIpc) is 2.17. The van der Waals surface area contributed by atoms with E-state index in [1.807, 2.05) is 0 Å². The van der Waals surface area contributed by atoms with Crippen LogP contribution < -0.4 is 10.6 Å². The number of amides is 2. The summed E-state index contributed by atoms with van der Waals surface area (Å²) in [5.74, 6) is 0. The van der Waals surface area contributed by atoms with Gasteiger partial charge in [0, 0.05) is 18.3 Å². The van der Waals surface area contributed by atoms with E-state index < -0.39 is 6.03 Å². The first-order valence-corrected chi connectivity index (χ1v) is 3.73. The zero-order valence-electron chi connectivity index (χ0n) is 7.23. The highest BCUT2D eigenvalue weighted by Crippen LogP contribution is 2.12. The summed E-state index contributed by atoms with van der Waals surface area (Å²) in [4.78, 5) is 22.3. The van der Waals surface area contributed by atoms with Crippen LogP contribution in [0, 0.1) is 0 Å². The van der Waals surface area contributed by atoms with Gasteiger partial charge in [0.15, 0.2) is 0 Å². The molecule has 0 fully saturated rings. The van der Waals surface area contributed by atoms with Gasteiger partial charge in [0.2, 0.25) is 0 Å². The van der Waals surface area contributed by atoms with E-state index in [2.05, 4.69) is 0 Å². The summed E-state index contributed by atoms with van der Waals surface area (Å²) in [6, 6.07) is 6.05. The summed E-state index contributed by atoms with van der Waals surface area (Å²) < 4.78 is 0. The molecule has 0 heterocycles. The highest BCUT2D eigenvalue weighted by Gasteiger charge is 2.04. The van der Waals surface area contributed by atoms with Gasteiger partial charge >= 0.3 is 6.03 Å². The maximum absolute atomic E-state index is 10.7. The van der Waals surface area contributed by atoms with Crippen LogP contribution in [0.5, 0.6) is 0 Å². The van der Waals surface area contributed by atoms with Crippen molar-refractivity contribution in [1.82, 2.24) is 0 Å². The van der Waals surface area contributed by atoms with Crippen LogP contribution in [0.1, 0.15) is 10.4 Å². The summed E-state index contributed by atoms with van der Waals surface area (Å²) >= 11 is 0. The van der Waals surface area contributed by atoms with Crippen LogP contribution in [0.3, 0.4) is 0 Å². The molecule has 0 spiro atoms. The molecule has 0 saturated heterocycles. The Bertz CT molecular complexity index is 319. The lowest BCUT2D eigenvalue weighted by molar-refractivity contribution is 0.112. The number of nitrogens with two attached hydrogens (primary N) is 1. The molecular weight excluding hydrogens is 168 g/mol. The molecule has 1 aromatic rings. The van der Waals surface area contributed by atoms with Gasteiger partial charge in [-0.3, -0.25) is 9.69 Å². The monoisotopic (exact) mass is 178 g/mol. The van der Waals surface area contributed by atoms with E-state index in [4.69, 9.17) is 5.73 Å². The molecule has 13 heavy (non-hydrogen) atoms. The lowest BCUT2D eigenvalue weighted by Gasteiger charge is -2.13. The second-order valence-corrected chi connectivity index (χ2v) is 2.61. The van der Waals surface area contributed by atoms with Crippen LogP contribution in [0.15, 0.2) is 24.3 Å². The quantitative estimate of drug-likeness (QED) is 0.687. The van der Waals surface area contributed by atoms with E-state index in [9.17, 15) is 9.59 Å². The molecule has 0 radical (unpaired) electrons. The molecule has 0 aliphatic rings. The molecule has 0 saturated carbocycles. The normalized spacial score (nSPS) is 9.31. The Morgan fingerprint density at radius 1 is 1.38 bits per heavy atom. The highest BCUT2D eigenvalue weighted by atomic mass is 16.2. The summed E-state index contributed by atoms with van der Waals surface area (Å²) in [7, 11) is 1.57. The fourth-order valence-electron chi connectivity index (χ4n) is 0.904. The molecule has 1 rings (SSSR count). The Morgan fingerprint density at radius 3 is 2.31 bits per heavy atom. The van der Waals surface area contributed by atoms with E-state index in [1.165, 1.54) is 4.90 Å². The predicted molar refractivity (Wildman–Crippen MR) is 49.8 cm³/mol. The van der Waals surface area contributed by atoms with E-state index in [0.29, 0.717) is 11.3 Å². The first-order valence-electron chi connectivity index (χ1n) is 3.73. The molecular formula is C9H10N2O2. The maximum atomic E-state index is 10.7. The molecule has 2 N–H and O–H groups in total. The Kier molecular flexibility index (Phi) is 2.64. The van der Waals surface area contributed by atoms with Crippen molar-refractivity contribution in [2.45, 2.75) is 0 Å². The van der Waals surface area contributed by atoms with Crippen molar-refractivity contribution < 1.29 is 9.59 Å². The number of rotatable bonds is 2. The SMILES string of the molecule is CN(C(N)=O)c1ccc(C=O)cc1. The maximum Gasteiger partial charge on any atom is 0.318 e. The minimum atomic E-state index is -0.529. The van der Waals surface area contributed by atoms with Crippen molar-refractivity contribution in [3.8, 4) is 0 Å². The van der Waals surface area contributed by atoms with Crippen LogP contribution in [-0.2, 0) is 0 Å². The predicted octanol–water partition coefficient (Wildman–Crippen LogP) is 1.01. The van der Waals surface area contributed by atoms with E-state index in [-0.39, 0.29) is 0 Å². The smallest absolute Gasteiger partial charge is 0.318 e. The molecule has 4 nitrogen and oxygen atoms in total. The number of carbonyl (C=O) groups excluding carboxylic acids is 2. The zero-order valence-corrected chi connectivity index (χ0v) is 7.23. The molecule has 0 atom stereocenters. The van der Waals surface area contributed by atoms with Crippen molar-refractivity contribution >= 4 is 18.0 Å². The lowest BCUT2D eigenvalue weighted by Crippen LogP contribution is -2.31.